The van der Waals surface area contributed by atoms with E-state index in [0.29, 0.717) is 26.2 Å². The van der Waals surface area contributed by atoms with Gasteiger partial charge in [-0.15, -0.1) is 0 Å². The van der Waals surface area contributed by atoms with Crippen molar-refractivity contribution < 1.29 is 17.2 Å². The Morgan fingerprint density at radius 1 is 0.875 bits per heavy atom. The number of hydrogen-bond acceptors (Lipinski definition) is 3. The molecule has 0 N–H and O–H groups in total. The number of piperazine rings is 1. The van der Waals surface area contributed by atoms with E-state index >= 15 is 0 Å². The quantitative estimate of drug-likeness (QED) is 0.849. The maximum absolute atomic E-state index is 13.7. The van der Waals surface area contributed by atoms with Crippen molar-refractivity contribution in [1.82, 2.24) is 9.21 Å². The Bertz CT molecular complexity index is 805. The minimum absolute atomic E-state index is 0.267. The van der Waals surface area contributed by atoms with Crippen LogP contribution in [0.1, 0.15) is 5.56 Å². The van der Waals surface area contributed by atoms with Crippen LogP contribution in [0.25, 0.3) is 0 Å². The molecule has 24 heavy (non-hydrogen) atoms. The summed E-state index contributed by atoms with van der Waals surface area (Å²) in [5.41, 5.74) is 0.286. The Labute approximate surface area is 140 Å². The van der Waals surface area contributed by atoms with Gasteiger partial charge in [-0.05, 0) is 18.2 Å². The van der Waals surface area contributed by atoms with Crippen LogP contribution in [0, 0.1) is 11.6 Å². The van der Waals surface area contributed by atoms with Crippen molar-refractivity contribution in [3.05, 3.63) is 65.7 Å². The lowest BCUT2D eigenvalue weighted by Gasteiger charge is -2.34. The highest BCUT2D eigenvalue weighted by Crippen LogP contribution is 2.19. The molecular formula is C17H18F2N2O2S. The van der Waals surface area contributed by atoms with Crippen molar-refractivity contribution in [2.24, 2.45) is 0 Å². The first-order valence-corrected chi connectivity index (χ1v) is 9.13. The van der Waals surface area contributed by atoms with Crippen LogP contribution < -0.4 is 0 Å². The van der Waals surface area contributed by atoms with E-state index in [4.69, 9.17) is 0 Å². The molecule has 0 aliphatic carbocycles. The maximum Gasteiger partial charge on any atom is 0.243 e. The number of halogens is 2. The summed E-state index contributed by atoms with van der Waals surface area (Å²) in [7, 11) is -3.50. The normalized spacial score (nSPS) is 17.1. The monoisotopic (exact) mass is 352 g/mol. The molecule has 0 amide bonds. The topological polar surface area (TPSA) is 40.6 Å². The first-order valence-electron chi connectivity index (χ1n) is 7.69. The Morgan fingerprint density at radius 3 is 2.21 bits per heavy atom. The second kappa shape index (κ2) is 6.96. The van der Waals surface area contributed by atoms with E-state index < -0.39 is 21.7 Å². The molecule has 1 aliphatic heterocycles. The fourth-order valence-electron chi connectivity index (χ4n) is 2.78. The zero-order valence-corrected chi connectivity index (χ0v) is 13.8. The summed E-state index contributed by atoms with van der Waals surface area (Å²) in [4.78, 5) is 2.20. The van der Waals surface area contributed by atoms with Crippen molar-refractivity contribution in [2.75, 3.05) is 26.2 Å². The first kappa shape index (κ1) is 17.0. The predicted octanol–water partition coefficient (Wildman–Crippen LogP) is 2.47. The maximum atomic E-state index is 13.7. The van der Waals surface area contributed by atoms with Gasteiger partial charge in [0.1, 0.15) is 0 Å². The Balaban J connectivity index is 1.65. The lowest BCUT2D eigenvalue weighted by molar-refractivity contribution is 0.179. The smallest absolute Gasteiger partial charge is 0.243 e. The second-order valence-electron chi connectivity index (χ2n) is 5.71. The molecule has 1 aliphatic rings. The molecule has 1 saturated heterocycles. The van der Waals surface area contributed by atoms with E-state index in [-0.39, 0.29) is 17.0 Å². The molecule has 1 heterocycles. The van der Waals surface area contributed by atoms with Crippen LogP contribution in [0.3, 0.4) is 0 Å². The summed E-state index contributed by atoms with van der Waals surface area (Å²) in [6.45, 7) is 1.87. The first-order chi connectivity index (χ1) is 11.5. The average Bonchev–Trinajstić information content (AvgIpc) is 2.60. The largest absolute Gasteiger partial charge is 0.296 e. The predicted molar refractivity (Wildman–Crippen MR) is 86.8 cm³/mol. The fourth-order valence-corrected chi connectivity index (χ4v) is 4.22. The Hall–Kier alpha value is -1.83. The van der Waals surface area contributed by atoms with Gasteiger partial charge in [-0.25, -0.2) is 17.2 Å². The van der Waals surface area contributed by atoms with Gasteiger partial charge < -0.3 is 0 Å². The third-order valence-corrected chi connectivity index (χ3v) is 6.05. The zero-order chi connectivity index (χ0) is 17.2. The van der Waals surface area contributed by atoms with Crippen LogP contribution in [0.2, 0.25) is 0 Å². The fraction of sp³-hybridized carbons (Fsp3) is 0.294. The highest BCUT2D eigenvalue weighted by atomic mass is 32.2. The molecule has 3 rings (SSSR count). The van der Waals surface area contributed by atoms with Gasteiger partial charge in [0.15, 0.2) is 11.6 Å². The molecule has 2 aromatic carbocycles. The number of benzene rings is 2. The Kier molecular flexibility index (Phi) is 4.93. The van der Waals surface area contributed by atoms with Gasteiger partial charge in [0.25, 0.3) is 0 Å². The molecule has 128 valence electrons. The molecule has 7 heteroatoms. The summed E-state index contributed by atoms with van der Waals surface area (Å²) in [6, 6.07) is 12.4. The van der Waals surface area contributed by atoms with E-state index in [1.807, 2.05) is 4.90 Å². The summed E-state index contributed by atoms with van der Waals surface area (Å²) in [5.74, 6) is -1.70. The van der Waals surface area contributed by atoms with Crippen molar-refractivity contribution in [1.29, 1.82) is 0 Å². The summed E-state index contributed by atoms with van der Waals surface area (Å²) < 4.78 is 53.5. The molecule has 0 unspecified atom stereocenters. The van der Waals surface area contributed by atoms with Crippen LogP contribution in [0.15, 0.2) is 53.4 Å². The highest BCUT2D eigenvalue weighted by Gasteiger charge is 2.28. The molecular weight excluding hydrogens is 334 g/mol. The van der Waals surface area contributed by atoms with Crippen LogP contribution >= 0.6 is 0 Å². The lowest BCUT2D eigenvalue weighted by atomic mass is 10.2. The SMILES string of the molecule is O=S(=O)(c1ccccc1)N1CCN(Cc2cccc(F)c2F)CC1. The number of sulfonamides is 1. The second-order valence-corrected chi connectivity index (χ2v) is 7.64. The molecule has 0 aromatic heterocycles. The van der Waals surface area contributed by atoms with Crippen LogP contribution in [-0.4, -0.2) is 43.8 Å². The molecule has 0 bridgehead atoms. The standard InChI is InChI=1S/C17H18F2N2O2S/c18-16-8-4-5-14(17(16)19)13-20-9-11-21(12-10-20)24(22,23)15-6-2-1-3-7-15/h1-8H,9-13H2. The molecule has 0 saturated carbocycles. The number of rotatable bonds is 4. The van der Waals surface area contributed by atoms with Gasteiger partial charge >= 0.3 is 0 Å². The molecule has 2 aromatic rings. The van der Waals surface area contributed by atoms with Gasteiger partial charge in [-0.3, -0.25) is 4.90 Å². The van der Waals surface area contributed by atoms with E-state index in [9.17, 15) is 17.2 Å². The van der Waals surface area contributed by atoms with Crippen molar-refractivity contribution >= 4 is 10.0 Å². The van der Waals surface area contributed by atoms with E-state index in [2.05, 4.69) is 0 Å². The van der Waals surface area contributed by atoms with Crippen molar-refractivity contribution in [2.45, 2.75) is 11.4 Å². The van der Waals surface area contributed by atoms with Crippen LogP contribution in [-0.2, 0) is 16.6 Å². The summed E-state index contributed by atoms with van der Waals surface area (Å²) in [5, 5.41) is 0. The molecule has 4 nitrogen and oxygen atoms in total. The van der Waals surface area contributed by atoms with Gasteiger partial charge in [-0.2, -0.15) is 4.31 Å². The van der Waals surface area contributed by atoms with Crippen LogP contribution in [0.5, 0.6) is 0 Å². The molecule has 1 fully saturated rings. The van der Waals surface area contributed by atoms with Gasteiger partial charge in [0, 0.05) is 38.3 Å². The van der Waals surface area contributed by atoms with Crippen molar-refractivity contribution in [3.8, 4) is 0 Å². The van der Waals surface area contributed by atoms with Gasteiger partial charge in [0.05, 0.1) is 4.90 Å². The van der Waals surface area contributed by atoms with Crippen LogP contribution in [0.4, 0.5) is 8.78 Å². The highest BCUT2D eigenvalue weighted by molar-refractivity contribution is 7.89. The lowest BCUT2D eigenvalue weighted by Crippen LogP contribution is -2.48. The molecule has 0 radical (unpaired) electrons. The molecule has 0 atom stereocenters. The Morgan fingerprint density at radius 2 is 1.54 bits per heavy atom. The summed E-state index contributed by atoms with van der Waals surface area (Å²) >= 11 is 0. The average molecular weight is 352 g/mol. The van der Waals surface area contributed by atoms with Crippen molar-refractivity contribution in [3.63, 3.8) is 0 Å². The van der Waals surface area contributed by atoms with E-state index in [1.165, 1.54) is 10.4 Å². The van der Waals surface area contributed by atoms with E-state index in [1.54, 1.807) is 36.4 Å². The molecule has 0 spiro atoms. The number of nitrogens with zero attached hydrogens (tertiary/aromatic N) is 2. The minimum atomic E-state index is -3.50. The number of hydrogen-bond donors (Lipinski definition) is 0. The van der Waals surface area contributed by atoms with E-state index in [0.717, 1.165) is 6.07 Å². The zero-order valence-electron chi connectivity index (χ0n) is 13.0. The summed E-state index contributed by atoms with van der Waals surface area (Å²) in [6.07, 6.45) is 0. The van der Waals surface area contributed by atoms with Gasteiger partial charge in [-0.1, -0.05) is 30.3 Å². The third kappa shape index (κ3) is 3.48. The minimum Gasteiger partial charge on any atom is -0.296 e. The third-order valence-electron chi connectivity index (χ3n) is 4.14. The van der Waals surface area contributed by atoms with Gasteiger partial charge in [0.2, 0.25) is 10.0 Å².